The molecule has 0 aliphatic rings. The van der Waals surface area contributed by atoms with Gasteiger partial charge in [-0.05, 0) is 36.2 Å². The molecule has 3 aromatic rings. The number of aromatic nitrogens is 4. The molecular formula is C16H16N4O. The molecule has 1 N–H and O–H groups in total. The second-order valence-electron chi connectivity index (χ2n) is 4.72. The Morgan fingerprint density at radius 1 is 1.14 bits per heavy atom. The first kappa shape index (κ1) is 13.5. The van der Waals surface area contributed by atoms with Crippen molar-refractivity contribution < 1.29 is 5.11 Å². The van der Waals surface area contributed by atoms with E-state index in [4.69, 9.17) is 0 Å². The molecule has 5 nitrogen and oxygen atoms in total. The van der Waals surface area contributed by atoms with Crippen molar-refractivity contribution in [1.82, 2.24) is 20.0 Å². The van der Waals surface area contributed by atoms with Crippen molar-refractivity contribution in [3.8, 4) is 16.9 Å². The van der Waals surface area contributed by atoms with E-state index in [1.54, 1.807) is 17.1 Å². The van der Waals surface area contributed by atoms with Gasteiger partial charge in [0.2, 0.25) is 0 Å². The van der Waals surface area contributed by atoms with E-state index in [1.807, 2.05) is 24.3 Å². The van der Waals surface area contributed by atoms with Gasteiger partial charge in [-0.3, -0.25) is 4.98 Å². The molecule has 1 aromatic carbocycles. The van der Waals surface area contributed by atoms with Gasteiger partial charge in [-0.15, -0.1) is 5.10 Å². The molecule has 0 aliphatic carbocycles. The van der Waals surface area contributed by atoms with E-state index in [-0.39, 0.29) is 6.61 Å². The number of pyridine rings is 1. The maximum absolute atomic E-state index is 9.49. The zero-order valence-electron chi connectivity index (χ0n) is 11.8. The van der Waals surface area contributed by atoms with Crippen LogP contribution in [0.5, 0.6) is 0 Å². The number of aryl methyl sites for hydroxylation is 1. The normalized spacial score (nSPS) is 10.8. The Labute approximate surface area is 122 Å². The van der Waals surface area contributed by atoms with Gasteiger partial charge in [0, 0.05) is 18.0 Å². The van der Waals surface area contributed by atoms with Crippen LogP contribution < -0.4 is 0 Å². The van der Waals surface area contributed by atoms with Gasteiger partial charge in [0.25, 0.3) is 0 Å². The number of rotatable bonds is 4. The van der Waals surface area contributed by atoms with Crippen LogP contribution in [0.1, 0.15) is 18.2 Å². The quantitative estimate of drug-likeness (QED) is 0.797. The highest BCUT2D eigenvalue weighted by Gasteiger charge is 2.15. The van der Waals surface area contributed by atoms with Crippen LogP contribution in [0.4, 0.5) is 0 Å². The molecule has 5 heteroatoms. The summed E-state index contributed by atoms with van der Waals surface area (Å²) in [6.45, 7) is 1.96. The fourth-order valence-electron chi connectivity index (χ4n) is 2.26. The van der Waals surface area contributed by atoms with E-state index in [2.05, 4.69) is 34.4 Å². The highest BCUT2D eigenvalue weighted by Crippen LogP contribution is 2.24. The molecule has 0 fully saturated rings. The van der Waals surface area contributed by atoms with E-state index in [1.165, 1.54) is 5.56 Å². The molecule has 0 saturated carbocycles. The largest absolute Gasteiger partial charge is 0.390 e. The van der Waals surface area contributed by atoms with Crippen LogP contribution >= 0.6 is 0 Å². The molecule has 0 amide bonds. The number of hydrogen-bond acceptors (Lipinski definition) is 4. The molecule has 0 bridgehead atoms. The lowest BCUT2D eigenvalue weighted by Gasteiger charge is -2.08. The summed E-state index contributed by atoms with van der Waals surface area (Å²) < 4.78 is 1.74. The minimum atomic E-state index is -0.155. The SMILES string of the molecule is CCc1ccc(-n2nnc(CO)c2-c2cccnc2)cc1. The summed E-state index contributed by atoms with van der Waals surface area (Å²) >= 11 is 0. The van der Waals surface area contributed by atoms with Crippen LogP contribution in [-0.2, 0) is 13.0 Å². The third-order valence-corrected chi connectivity index (χ3v) is 3.41. The molecule has 0 saturated heterocycles. The predicted molar refractivity (Wildman–Crippen MR) is 79.9 cm³/mol. The monoisotopic (exact) mass is 280 g/mol. The van der Waals surface area contributed by atoms with Crippen molar-refractivity contribution in [2.24, 2.45) is 0 Å². The Morgan fingerprint density at radius 3 is 2.57 bits per heavy atom. The van der Waals surface area contributed by atoms with Gasteiger partial charge in [-0.25, -0.2) is 4.68 Å². The van der Waals surface area contributed by atoms with E-state index < -0.39 is 0 Å². The van der Waals surface area contributed by atoms with Gasteiger partial charge >= 0.3 is 0 Å². The van der Waals surface area contributed by atoms with Crippen molar-refractivity contribution in [2.45, 2.75) is 20.0 Å². The number of benzene rings is 1. The van der Waals surface area contributed by atoms with E-state index in [0.29, 0.717) is 5.69 Å². The Morgan fingerprint density at radius 2 is 1.95 bits per heavy atom. The van der Waals surface area contributed by atoms with Crippen LogP contribution in [0.2, 0.25) is 0 Å². The van der Waals surface area contributed by atoms with E-state index in [9.17, 15) is 5.11 Å². The smallest absolute Gasteiger partial charge is 0.117 e. The molecule has 3 rings (SSSR count). The molecular weight excluding hydrogens is 264 g/mol. The van der Waals surface area contributed by atoms with Gasteiger partial charge in [-0.2, -0.15) is 0 Å². The van der Waals surface area contributed by atoms with Gasteiger partial charge in [-0.1, -0.05) is 24.3 Å². The maximum atomic E-state index is 9.49. The Hall–Kier alpha value is -2.53. The summed E-state index contributed by atoms with van der Waals surface area (Å²) in [5.74, 6) is 0. The third-order valence-electron chi connectivity index (χ3n) is 3.41. The standard InChI is InChI=1S/C16H16N4O/c1-2-12-5-7-14(8-6-12)20-16(15(11-21)18-19-20)13-4-3-9-17-10-13/h3-10,21H,2,11H2,1H3. The second kappa shape index (κ2) is 5.85. The lowest BCUT2D eigenvalue weighted by molar-refractivity contribution is 0.277. The maximum Gasteiger partial charge on any atom is 0.117 e. The van der Waals surface area contributed by atoms with Crippen molar-refractivity contribution in [1.29, 1.82) is 0 Å². The average Bonchev–Trinajstić information content (AvgIpc) is 2.99. The lowest BCUT2D eigenvalue weighted by Crippen LogP contribution is -2.00. The van der Waals surface area contributed by atoms with E-state index >= 15 is 0 Å². The van der Waals surface area contributed by atoms with Crippen molar-refractivity contribution in [3.05, 3.63) is 60.0 Å². The number of aliphatic hydroxyl groups excluding tert-OH is 1. The topological polar surface area (TPSA) is 63.8 Å². The second-order valence-corrected chi connectivity index (χ2v) is 4.72. The lowest BCUT2D eigenvalue weighted by atomic mass is 10.1. The molecule has 2 aromatic heterocycles. The minimum absolute atomic E-state index is 0.155. The molecule has 106 valence electrons. The summed E-state index contributed by atoms with van der Waals surface area (Å²) in [5, 5.41) is 17.7. The summed E-state index contributed by atoms with van der Waals surface area (Å²) in [6.07, 6.45) is 4.45. The van der Waals surface area contributed by atoms with Crippen LogP contribution in [0.15, 0.2) is 48.8 Å². The molecule has 2 heterocycles. The van der Waals surface area contributed by atoms with Crippen LogP contribution in [0.3, 0.4) is 0 Å². The number of nitrogens with zero attached hydrogens (tertiary/aromatic N) is 4. The zero-order chi connectivity index (χ0) is 14.7. The summed E-state index contributed by atoms with van der Waals surface area (Å²) in [5.41, 5.74) is 4.38. The summed E-state index contributed by atoms with van der Waals surface area (Å²) in [7, 11) is 0. The summed E-state index contributed by atoms with van der Waals surface area (Å²) in [6, 6.07) is 11.9. The van der Waals surface area contributed by atoms with Crippen LogP contribution in [0.25, 0.3) is 16.9 Å². The molecule has 0 spiro atoms. The van der Waals surface area contributed by atoms with Gasteiger partial charge in [0.05, 0.1) is 12.3 Å². The summed E-state index contributed by atoms with van der Waals surface area (Å²) in [4.78, 5) is 4.13. The van der Waals surface area contributed by atoms with Crippen molar-refractivity contribution in [2.75, 3.05) is 0 Å². The van der Waals surface area contributed by atoms with Crippen LogP contribution in [0, 0.1) is 0 Å². The fourth-order valence-corrected chi connectivity index (χ4v) is 2.26. The van der Waals surface area contributed by atoms with Crippen LogP contribution in [-0.4, -0.2) is 25.1 Å². The van der Waals surface area contributed by atoms with Gasteiger partial charge in [0.1, 0.15) is 11.4 Å². The van der Waals surface area contributed by atoms with Crippen molar-refractivity contribution >= 4 is 0 Å². The number of hydrogen-bond donors (Lipinski definition) is 1. The fraction of sp³-hybridized carbons (Fsp3) is 0.188. The molecule has 0 aliphatic heterocycles. The highest BCUT2D eigenvalue weighted by atomic mass is 16.3. The minimum Gasteiger partial charge on any atom is -0.390 e. The molecule has 0 radical (unpaired) electrons. The van der Waals surface area contributed by atoms with Gasteiger partial charge < -0.3 is 5.11 Å². The molecule has 0 atom stereocenters. The van der Waals surface area contributed by atoms with Crippen molar-refractivity contribution in [3.63, 3.8) is 0 Å². The first-order chi connectivity index (χ1) is 10.3. The highest BCUT2D eigenvalue weighted by molar-refractivity contribution is 5.63. The Balaban J connectivity index is 2.12. The van der Waals surface area contributed by atoms with Gasteiger partial charge in [0.15, 0.2) is 0 Å². The third kappa shape index (κ3) is 2.55. The molecule has 0 unspecified atom stereocenters. The average molecular weight is 280 g/mol. The zero-order valence-corrected chi connectivity index (χ0v) is 11.8. The number of aliphatic hydroxyl groups is 1. The molecule has 21 heavy (non-hydrogen) atoms. The van der Waals surface area contributed by atoms with E-state index in [0.717, 1.165) is 23.4 Å². The Kier molecular flexibility index (Phi) is 3.75. The predicted octanol–water partition coefficient (Wildman–Crippen LogP) is 2.38. The first-order valence-electron chi connectivity index (χ1n) is 6.88. The Bertz CT molecular complexity index is 720. The first-order valence-corrected chi connectivity index (χ1v) is 6.88.